The van der Waals surface area contributed by atoms with E-state index < -0.39 is 11.7 Å². The Balaban J connectivity index is 1.70. The van der Waals surface area contributed by atoms with Crippen LogP contribution in [0.5, 0.6) is 0 Å². The molecule has 0 aliphatic rings. The van der Waals surface area contributed by atoms with Gasteiger partial charge in [0.25, 0.3) is 5.91 Å². The number of carbonyl (C=O) groups is 1. The van der Waals surface area contributed by atoms with Gasteiger partial charge in [0.1, 0.15) is 5.82 Å². The molecular weight excluding hydrogens is 319 g/mol. The van der Waals surface area contributed by atoms with E-state index in [-0.39, 0.29) is 11.4 Å². The summed E-state index contributed by atoms with van der Waals surface area (Å²) in [6.45, 7) is 4.04. The summed E-state index contributed by atoms with van der Waals surface area (Å²) in [5.41, 5.74) is 3.17. The van der Waals surface area contributed by atoms with Crippen LogP contribution in [0.25, 0.3) is 0 Å². The molecule has 2 N–H and O–H groups in total. The molecule has 126 valence electrons. The fourth-order valence-corrected chi connectivity index (χ4v) is 2.39. The van der Waals surface area contributed by atoms with Gasteiger partial charge in [-0.2, -0.15) is 0 Å². The number of benzene rings is 2. The largest absolute Gasteiger partial charge is 0.339 e. The van der Waals surface area contributed by atoms with Gasteiger partial charge in [0.15, 0.2) is 11.6 Å². The van der Waals surface area contributed by atoms with Crippen LogP contribution >= 0.6 is 0 Å². The molecule has 0 aliphatic heterocycles. The van der Waals surface area contributed by atoms with E-state index in [1.165, 1.54) is 23.8 Å². The first kappa shape index (κ1) is 16.6. The summed E-state index contributed by atoms with van der Waals surface area (Å²) in [5.74, 6) is -0.348. The highest BCUT2D eigenvalue weighted by molar-refractivity contribution is 6.03. The van der Waals surface area contributed by atoms with Crippen LogP contribution in [0.1, 0.15) is 21.5 Å². The van der Waals surface area contributed by atoms with Gasteiger partial charge in [-0.25, -0.2) is 4.39 Å². The Morgan fingerprint density at radius 3 is 2.36 bits per heavy atom. The third-order valence-electron chi connectivity index (χ3n) is 3.67. The van der Waals surface area contributed by atoms with Crippen molar-refractivity contribution in [2.24, 2.45) is 0 Å². The van der Waals surface area contributed by atoms with Crippen molar-refractivity contribution in [3.05, 3.63) is 77.1 Å². The zero-order valence-corrected chi connectivity index (χ0v) is 13.9. The molecule has 0 saturated heterocycles. The van der Waals surface area contributed by atoms with E-state index in [1.807, 2.05) is 26.0 Å². The van der Waals surface area contributed by atoms with Crippen LogP contribution in [0.4, 0.5) is 21.7 Å². The lowest BCUT2D eigenvalue weighted by atomic mass is 10.1. The van der Waals surface area contributed by atoms with Gasteiger partial charge >= 0.3 is 0 Å². The minimum atomic E-state index is -0.582. The van der Waals surface area contributed by atoms with Crippen LogP contribution in [-0.2, 0) is 0 Å². The molecule has 25 heavy (non-hydrogen) atoms. The Hall–Kier alpha value is -3.28. The van der Waals surface area contributed by atoms with Gasteiger partial charge in [-0.15, -0.1) is 10.2 Å². The lowest BCUT2D eigenvalue weighted by Crippen LogP contribution is -2.15. The molecule has 0 aliphatic carbocycles. The first-order chi connectivity index (χ1) is 12.0. The van der Waals surface area contributed by atoms with Gasteiger partial charge in [0.05, 0.1) is 5.56 Å². The van der Waals surface area contributed by atoms with Crippen LogP contribution in [0.15, 0.2) is 54.6 Å². The third-order valence-corrected chi connectivity index (χ3v) is 3.67. The summed E-state index contributed by atoms with van der Waals surface area (Å²) >= 11 is 0. The molecule has 0 bridgehead atoms. The van der Waals surface area contributed by atoms with Gasteiger partial charge in [-0.05, 0) is 49.7 Å². The number of nitrogens with zero attached hydrogens (tertiary/aromatic N) is 2. The van der Waals surface area contributed by atoms with E-state index in [2.05, 4.69) is 26.9 Å². The number of hydrogen-bond donors (Lipinski definition) is 2. The fraction of sp³-hybridized carbons (Fsp3) is 0.105. The zero-order valence-electron chi connectivity index (χ0n) is 13.9. The number of nitrogens with one attached hydrogen (secondary N) is 2. The quantitative estimate of drug-likeness (QED) is 0.748. The molecule has 0 fully saturated rings. The number of rotatable bonds is 4. The number of aromatic nitrogens is 2. The summed E-state index contributed by atoms with van der Waals surface area (Å²) in [4.78, 5) is 12.1. The third kappa shape index (κ3) is 3.98. The normalized spacial score (nSPS) is 10.4. The lowest BCUT2D eigenvalue weighted by Gasteiger charge is -2.10. The van der Waals surface area contributed by atoms with Crippen molar-refractivity contribution in [3.8, 4) is 0 Å². The highest BCUT2D eigenvalue weighted by Crippen LogP contribution is 2.20. The van der Waals surface area contributed by atoms with Gasteiger partial charge < -0.3 is 10.6 Å². The maximum Gasteiger partial charge on any atom is 0.259 e. The molecule has 0 atom stereocenters. The molecule has 1 heterocycles. The molecule has 3 rings (SSSR count). The number of carbonyl (C=O) groups excluding carboxylic acids is 1. The smallest absolute Gasteiger partial charge is 0.259 e. The second-order valence-electron chi connectivity index (χ2n) is 5.68. The molecule has 0 radical (unpaired) electrons. The maximum atomic E-state index is 13.6. The molecule has 0 unspecified atom stereocenters. The van der Waals surface area contributed by atoms with Crippen molar-refractivity contribution >= 4 is 23.2 Å². The van der Waals surface area contributed by atoms with Crippen molar-refractivity contribution in [2.75, 3.05) is 10.6 Å². The first-order valence-corrected chi connectivity index (χ1v) is 7.77. The number of amides is 1. The summed E-state index contributed by atoms with van der Waals surface area (Å²) in [7, 11) is 0. The Bertz CT molecular complexity index is 910. The summed E-state index contributed by atoms with van der Waals surface area (Å²) < 4.78 is 13.6. The predicted molar refractivity (Wildman–Crippen MR) is 95.6 cm³/mol. The lowest BCUT2D eigenvalue weighted by molar-refractivity contribution is 0.102. The molecule has 1 aromatic heterocycles. The minimum absolute atomic E-state index is 0.0400. The fourth-order valence-electron chi connectivity index (χ4n) is 2.39. The molecule has 0 saturated carbocycles. The average Bonchev–Trinajstić information content (AvgIpc) is 2.59. The Kier molecular flexibility index (Phi) is 4.70. The monoisotopic (exact) mass is 336 g/mol. The van der Waals surface area contributed by atoms with Crippen molar-refractivity contribution in [1.82, 2.24) is 10.2 Å². The van der Waals surface area contributed by atoms with Crippen LogP contribution in [0.3, 0.4) is 0 Å². The van der Waals surface area contributed by atoms with E-state index in [4.69, 9.17) is 0 Å². The summed E-state index contributed by atoms with van der Waals surface area (Å²) in [6, 6.07) is 15.1. The van der Waals surface area contributed by atoms with E-state index in [9.17, 15) is 9.18 Å². The Labute approximate surface area is 144 Å². The number of hydrogen-bond acceptors (Lipinski definition) is 4. The number of halogens is 1. The SMILES string of the molecule is Cc1ccc(Nc2ccc(NC(=O)c3ccccc3F)nn2)c(C)c1. The van der Waals surface area contributed by atoms with Crippen LogP contribution in [-0.4, -0.2) is 16.1 Å². The van der Waals surface area contributed by atoms with E-state index >= 15 is 0 Å². The standard InChI is InChI=1S/C19H17FN4O/c1-12-7-8-16(13(2)11-12)21-17-9-10-18(24-23-17)22-19(25)14-5-3-4-6-15(14)20/h3-11H,1-2H3,(H,21,23)(H,22,24,25). The minimum Gasteiger partial charge on any atom is -0.339 e. The highest BCUT2D eigenvalue weighted by atomic mass is 19.1. The van der Waals surface area contributed by atoms with Crippen LogP contribution < -0.4 is 10.6 Å². The van der Waals surface area contributed by atoms with Crippen LogP contribution in [0, 0.1) is 19.7 Å². The average molecular weight is 336 g/mol. The number of anilines is 3. The number of aryl methyl sites for hydroxylation is 2. The topological polar surface area (TPSA) is 66.9 Å². The molecular formula is C19H17FN4O. The molecule has 2 aromatic carbocycles. The summed E-state index contributed by atoms with van der Waals surface area (Å²) in [6.07, 6.45) is 0. The summed E-state index contributed by atoms with van der Waals surface area (Å²) in [5, 5.41) is 13.7. The Morgan fingerprint density at radius 1 is 0.960 bits per heavy atom. The highest BCUT2D eigenvalue weighted by Gasteiger charge is 2.11. The van der Waals surface area contributed by atoms with Gasteiger partial charge in [0, 0.05) is 5.69 Å². The molecule has 6 heteroatoms. The zero-order chi connectivity index (χ0) is 17.8. The van der Waals surface area contributed by atoms with E-state index in [0.717, 1.165) is 11.3 Å². The molecule has 5 nitrogen and oxygen atoms in total. The molecule has 0 spiro atoms. The van der Waals surface area contributed by atoms with Gasteiger partial charge in [0.2, 0.25) is 0 Å². The molecule has 1 amide bonds. The second kappa shape index (κ2) is 7.09. The predicted octanol–water partition coefficient (Wildman–Crippen LogP) is 4.23. The van der Waals surface area contributed by atoms with E-state index in [1.54, 1.807) is 18.2 Å². The van der Waals surface area contributed by atoms with Gasteiger partial charge in [-0.3, -0.25) is 4.79 Å². The maximum absolute atomic E-state index is 13.6. The van der Waals surface area contributed by atoms with Gasteiger partial charge in [-0.1, -0.05) is 29.8 Å². The first-order valence-electron chi connectivity index (χ1n) is 7.77. The second-order valence-corrected chi connectivity index (χ2v) is 5.68. The van der Waals surface area contributed by atoms with Crippen molar-refractivity contribution < 1.29 is 9.18 Å². The Morgan fingerprint density at radius 2 is 1.68 bits per heavy atom. The molecule has 3 aromatic rings. The van der Waals surface area contributed by atoms with Crippen molar-refractivity contribution in [1.29, 1.82) is 0 Å². The van der Waals surface area contributed by atoms with E-state index in [0.29, 0.717) is 5.82 Å². The van der Waals surface area contributed by atoms with Crippen molar-refractivity contribution in [3.63, 3.8) is 0 Å². The van der Waals surface area contributed by atoms with Crippen molar-refractivity contribution in [2.45, 2.75) is 13.8 Å². The van der Waals surface area contributed by atoms with Crippen LogP contribution in [0.2, 0.25) is 0 Å².